The summed E-state index contributed by atoms with van der Waals surface area (Å²) in [6.45, 7) is 11.5. The summed E-state index contributed by atoms with van der Waals surface area (Å²) in [5.74, 6) is -3.73. The number of aliphatic hydroxyl groups is 6. The Labute approximate surface area is 347 Å². The maximum Gasteiger partial charge on any atom is 0.160 e. The first-order valence-corrected chi connectivity index (χ1v) is 22.4. The van der Waals surface area contributed by atoms with Crippen molar-refractivity contribution in [2.24, 2.45) is 45.3 Å². The lowest BCUT2D eigenvalue weighted by Crippen LogP contribution is -2.71. The number of likely N-dealkylation sites (N-methyl/N-ethyl adjacent to an activating group) is 1. The van der Waals surface area contributed by atoms with E-state index < -0.39 is 74.7 Å². The van der Waals surface area contributed by atoms with Gasteiger partial charge in [0.1, 0.15) is 11.2 Å². The zero-order valence-corrected chi connectivity index (χ0v) is 35.4. The van der Waals surface area contributed by atoms with Gasteiger partial charge in [-0.15, -0.1) is 0 Å². The van der Waals surface area contributed by atoms with E-state index in [1.54, 1.807) is 12.1 Å². The Morgan fingerprint density at radius 1 is 0.932 bits per heavy atom. The number of nitrogens with one attached hydrogen (secondary N) is 1. The van der Waals surface area contributed by atoms with Gasteiger partial charge in [-0.05, 0) is 104 Å². The largest absolute Gasteiger partial charge is 0.504 e. The molecule has 59 heavy (non-hydrogen) atoms. The number of fused-ring (bicyclic) bond motifs is 8. The van der Waals surface area contributed by atoms with E-state index in [-0.39, 0.29) is 73.6 Å². The predicted octanol–water partition coefficient (Wildman–Crippen LogP) is 3.76. The Morgan fingerprint density at radius 3 is 2.37 bits per heavy atom. The lowest BCUT2D eigenvalue weighted by Gasteiger charge is -2.67. The number of hydrogen-bond acceptors (Lipinski definition) is 12. The molecule has 1 aromatic rings. The first-order chi connectivity index (χ1) is 27.8. The van der Waals surface area contributed by atoms with Crippen molar-refractivity contribution in [3.05, 3.63) is 47.1 Å². The summed E-state index contributed by atoms with van der Waals surface area (Å²) >= 11 is 0. The van der Waals surface area contributed by atoms with Crippen molar-refractivity contribution in [2.75, 3.05) is 32.9 Å². The molecule has 0 unspecified atom stereocenters. The van der Waals surface area contributed by atoms with Gasteiger partial charge in [0.15, 0.2) is 17.3 Å². The summed E-state index contributed by atoms with van der Waals surface area (Å²) in [6.07, 6.45) is 5.40. The highest BCUT2D eigenvalue weighted by Gasteiger charge is 2.84. The number of phenols is 2. The number of carbonyl (C=O) groups is 1. The van der Waals surface area contributed by atoms with Gasteiger partial charge in [-0.1, -0.05) is 52.3 Å². The first kappa shape index (κ1) is 41.9. The second kappa shape index (κ2) is 13.6. The molecule has 6 bridgehead atoms. The number of allylic oxidation sites excluding steroid dienone is 2. The monoisotopic (exact) mass is 821 g/mol. The molecule has 0 amide bonds. The van der Waals surface area contributed by atoms with Crippen LogP contribution < -0.4 is 5.32 Å². The van der Waals surface area contributed by atoms with E-state index in [0.29, 0.717) is 56.2 Å². The molecular formula is C47H67NO11. The van der Waals surface area contributed by atoms with Gasteiger partial charge in [-0.25, -0.2) is 0 Å². The van der Waals surface area contributed by atoms with Gasteiger partial charge in [0, 0.05) is 73.7 Å². The van der Waals surface area contributed by atoms with Crippen LogP contribution in [0.25, 0.3) is 0 Å². The molecule has 6 saturated carbocycles. The van der Waals surface area contributed by atoms with Crippen LogP contribution in [0.5, 0.6) is 11.5 Å². The second-order valence-electron chi connectivity index (χ2n) is 20.9. The minimum atomic E-state index is -1.74. The Morgan fingerprint density at radius 2 is 1.68 bits per heavy atom. The predicted molar refractivity (Wildman–Crippen MR) is 217 cm³/mol. The van der Waals surface area contributed by atoms with E-state index in [1.165, 1.54) is 12.1 Å². The van der Waals surface area contributed by atoms with Gasteiger partial charge >= 0.3 is 0 Å². The second-order valence-corrected chi connectivity index (χ2v) is 20.9. The number of aromatic hydroxyl groups is 2. The Hall–Kier alpha value is -2.39. The van der Waals surface area contributed by atoms with Crippen LogP contribution in [0, 0.1) is 45.3 Å². The lowest BCUT2D eigenvalue weighted by atomic mass is 9.38. The average molecular weight is 822 g/mol. The van der Waals surface area contributed by atoms with Crippen molar-refractivity contribution >= 4 is 5.78 Å². The molecule has 12 heteroatoms. The van der Waals surface area contributed by atoms with E-state index in [9.17, 15) is 40.9 Å². The summed E-state index contributed by atoms with van der Waals surface area (Å²) in [5, 5.41) is 98.2. The van der Waals surface area contributed by atoms with Crippen LogP contribution in [-0.2, 0) is 14.3 Å². The number of phenolic OH excluding ortho intramolecular Hbond substituents is 2. The zero-order valence-electron chi connectivity index (χ0n) is 35.4. The van der Waals surface area contributed by atoms with Crippen molar-refractivity contribution in [2.45, 2.75) is 145 Å². The van der Waals surface area contributed by atoms with E-state index in [4.69, 9.17) is 9.47 Å². The molecule has 326 valence electrons. The van der Waals surface area contributed by atoms with Crippen LogP contribution in [0.1, 0.15) is 110 Å². The van der Waals surface area contributed by atoms with Crippen LogP contribution >= 0.6 is 0 Å². The maximum absolute atomic E-state index is 15.1. The molecule has 1 aromatic carbocycles. The van der Waals surface area contributed by atoms with E-state index in [0.717, 1.165) is 18.5 Å². The fourth-order valence-corrected chi connectivity index (χ4v) is 15.9. The van der Waals surface area contributed by atoms with Crippen molar-refractivity contribution in [1.82, 2.24) is 5.32 Å². The summed E-state index contributed by atoms with van der Waals surface area (Å²) < 4.78 is 13.8. The Balaban J connectivity index is 1.18. The highest BCUT2D eigenvalue weighted by molar-refractivity contribution is 5.96. The number of rotatable bonds is 10. The highest BCUT2D eigenvalue weighted by Crippen LogP contribution is 2.80. The topological polar surface area (TPSA) is 209 Å². The van der Waals surface area contributed by atoms with Gasteiger partial charge in [-0.3, -0.25) is 4.79 Å². The molecule has 12 nitrogen and oxygen atoms in total. The average Bonchev–Trinajstić information content (AvgIpc) is 3.47. The SMILES string of the molecule is CCNCC1=C[C@@]2(C)CC[C@@H]1[C@]1(O[C@H]3C[C@@]4(O)C5=CC(=O)[C@@H]6[C@@H](c7ccc(O)c(O)c7)[C@]7(O)CC[C@@]5(CC[C@]4(C)[C@H]3[C@]1(O)CCO)[C@@]6(C)C[C@@H]7OCCCO)[C@@H](O)[C@H]2C. The number of hydrogen-bond donors (Lipinski definition) is 9. The molecule has 9 aliphatic carbocycles. The Kier molecular flexibility index (Phi) is 9.64. The van der Waals surface area contributed by atoms with Gasteiger partial charge < -0.3 is 55.6 Å². The third-order valence-corrected chi connectivity index (χ3v) is 18.9. The van der Waals surface area contributed by atoms with Gasteiger partial charge in [-0.2, -0.15) is 0 Å². The number of aliphatic hydroxyl groups excluding tert-OH is 3. The van der Waals surface area contributed by atoms with E-state index in [2.05, 4.69) is 32.2 Å². The standard InChI is InChI=1S/C47H67NO11/c1-6-48-25-28-22-40(3)11-10-29(28)47(39(54)26(40)2)45(56,16-18-50)38-33(59-47)23-46(57)34-21-32(53)37-36(27-8-9-30(51)31(52)20-27)44(55)15-14-43(34,13-12-41(38,46)4)42(37,5)24-35(44)58-19-7-17-49/h8-9,20-22,26,29,33,35-39,48-52,54-57H,6-7,10-19,23-25H2,1-5H3/t26-,29+,33+,35+,36-,37-,38+,39+,40-,41-,42+,43-,44+,45-,46-,47+/m1/s1. The molecule has 1 aliphatic heterocycles. The van der Waals surface area contributed by atoms with E-state index in [1.807, 2.05) is 13.8 Å². The minimum absolute atomic E-state index is 0.0464. The molecule has 10 aliphatic rings. The normalized spacial score (nSPS) is 50.5. The summed E-state index contributed by atoms with van der Waals surface area (Å²) in [5.41, 5.74) is -7.10. The quantitative estimate of drug-likeness (QED) is 0.0940. The third kappa shape index (κ3) is 5.01. The molecule has 16 atom stereocenters. The van der Waals surface area contributed by atoms with Crippen LogP contribution in [0.3, 0.4) is 0 Å². The molecular weight excluding hydrogens is 755 g/mol. The van der Waals surface area contributed by atoms with Crippen LogP contribution in [-0.4, -0.2) is 120 Å². The van der Waals surface area contributed by atoms with Gasteiger partial charge in [0.05, 0.1) is 29.5 Å². The maximum atomic E-state index is 15.1. The molecule has 7 fully saturated rings. The number of ether oxygens (including phenoxy) is 2. The molecule has 0 radical (unpaired) electrons. The Bertz CT molecular complexity index is 1950. The summed E-state index contributed by atoms with van der Waals surface area (Å²) in [6, 6.07) is 4.46. The van der Waals surface area contributed by atoms with Crippen molar-refractivity contribution < 1.29 is 55.1 Å². The molecule has 11 rings (SSSR count). The summed E-state index contributed by atoms with van der Waals surface area (Å²) in [4.78, 5) is 15.1. The highest BCUT2D eigenvalue weighted by atomic mass is 16.6. The fraction of sp³-hybridized carbons (Fsp3) is 0.766. The van der Waals surface area contributed by atoms with Gasteiger partial charge in [0.25, 0.3) is 0 Å². The fourth-order valence-electron chi connectivity index (χ4n) is 15.9. The van der Waals surface area contributed by atoms with Crippen LogP contribution in [0.2, 0.25) is 0 Å². The smallest absolute Gasteiger partial charge is 0.160 e. The first-order valence-electron chi connectivity index (χ1n) is 22.4. The van der Waals surface area contributed by atoms with Crippen molar-refractivity contribution in [3.63, 3.8) is 0 Å². The van der Waals surface area contributed by atoms with E-state index >= 15 is 4.79 Å². The number of benzene rings is 1. The van der Waals surface area contributed by atoms with Gasteiger partial charge in [0.2, 0.25) is 0 Å². The summed E-state index contributed by atoms with van der Waals surface area (Å²) in [7, 11) is 0. The van der Waals surface area contributed by atoms with Crippen molar-refractivity contribution in [1.29, 1.82) is 0 Å². The molecule has 1 heterocycles. The molecule has 9 N–H and O–H groups in total. The number of carbonyl (C=O) groups excluding carboxylic acids is 1. The number of ketones is 1. The molecule has 0 aromatic heterocycles. The minimum Gasteiger partial charge on any atom is -0.504 e. The van der Waals surface area contributed by atoms with Crippen LogP contribution in [0.4, 0.5) is 0 Å². The van der Waals surface area contributed by atoms with Crippen molar-refractivity contribution in [3.8, 4) is 11.5 Å². The van der Waals surface area contributed by atoms with Crippen LogP contribution in [0.15, 0.2) is 41.5 Å². The molecule has 1 saturated heterocycles. The lowest BCUT2D eigenvalue weighted by molar-refractivity contribution is -0.248. The zero-order chi connectivity index (χ0) is 42.3. The third-order valence-electron chi connectivity index (χ3n) is 18.9. The molecule has 2 spiro atoms.